The molecule has 1 N–H and O–H groups in total. The van der Waals surface area contributed by atoms with Crippen molar-refractivity contribution in [3.05, 3.63) is 52.2 Å². The van der Waals surface area contributed by atoms with Crippen LogP contribution < -0.4 is 0 Å². The Morgan fingerprint density at radius 2 is 2.22 bits per heavy atom. The fraction of sp³-hybridized carbons (Fsp3) is 0.357. The maximum atomic E-state index is 12.8. The van der Waals surface area contributed by atoms with Crippen molar-refractivity contribution in [3.8, 4) is 0 Å². The summed E-state index contributed by atoms with van der Waals surface area (Å²) < 4.78 is 12.8. The topological polar surface area (TPSA) is 33.1 Å². The summed E-state index contributed by atoms with van der Waals surface area (Å²) in [6.45, 7) is 1.92. The van der Waals surface area contributed by atoms with Crippen LogP contribution in [0.3, 0.4) is 0 Å². The Hall–Kier alpha value is -1.26. The standard InChI is InChI=1S/C14H16FNOS/c1-2-14(17,8-7-12-4-3-9-18-12)13-6-5-11(15)10-16-13/h3-6,9-10,17H,2,7-8H2,1H3. The largest absolute Gasteiger partial charge is 0.384 e. The lowest BCUT2D eigenvalue weighted by molar-refractivity contribution is 0.0194. The summed E-state index contributed by atoms with van der Waals surface area (Å²) in [6.07, 6.45) is 3.13. The molecule has 4 heteroatoms. The number of rotatable bonds is 5. The molecule has 18 heavy (non-hydrogen) atoms. The highest BCUT2D eigenvalue weighted by Gasteiger charge is 2.28. The number of hydrogen-bond acceptors (Lipinski definition) is 3. The van der Waals surface area contributed by atoms with Crippen molar-refractivity contribution < 1.29 is 9.50 Å². The smallest absolute Gasteiger partial charge is 0.141 e. The number of pyridine rings is 1. The Labute approximate surface area is 110 Å². The molecule has 2 rings (SSSR count). The van der Waals surface area contributed by atoms with Crippen LogP contribution in [0.2, 0.25) is 0 Å². The highest BCUT2D eigenvalue weighted by Crippen LogP contribution is 2.29. The van der Waals surface area contributed by atoms with E-state index >= 15 is 0 Å². The van der Waals surface area contributed by atoms with E-state index in [1.54, 1.807) is 17.4 Å². The number of hydrogen-bond donors (Lipinski definition) is 1. The van der Waals surface area contributed by atoms with Crippen molar-refractivity contribution in [1.29, 1.82) is 0 Å². The molecule has 2 aromatic rings. The molecule has 0 aliphatic rings. The number of aromatic nitrogens is 1. The van der Waals surface area contributed by atoms with Gasteiger partial charge in [0.15, 0.2) is 0 Å². The summed E-state index contributed by atoms with van der Waals surface area (Å²) in [5, 5.41) is 12.6. The Morgan fingerprint density at radius 1 is 1.39 bits per heavy atom. The van der Waals surface area contributed by atoms with Crippen LogP contribution in [0.1, 0.15) is 30.3 Å². The third-order valence-corrected chi connectivity index (χ3v) is 4.09. The third kappa shape index (κ3) is 2.94. The molecule has 1 atom stereocenters. The Morgan fingerprint density at radius 3 is 2.78 bits per heavy atom. The van der Waals surface area contributed by atoms with Gasteiger partial charge in [0.2, 0.25) is 0 Å². The predicted molar refractivity (Wildman–Crippen MR) is 71.0 cm³/mol. The van der Waals surface area contributed by atoms with Crippen molar-refractivity contribution >= 4 is 11.3 Å². The van der Waals surface area contributed by atoms with Gasteiger partial charge in [-0.25, -0.2) is 4.39 Å². The summed E-state index contributed by atoms with van der Waals surface area (Å²) in [4.78, 5) is 5.24. The molecule has 2 heterocycles. The molecule has 1 unspecified atom stereocenters. The van der Waals surface area contributed by atoms with Gasteiger partial charge in [0.05, 0.1) is 11.9 Å². The first-order valence-electron chi connectivity index (χ1n) is 6.01. The second kappa shape index (κ2) is 5.59. The molecule has 2 nitrogen and oxygen atoms in total. The number of nitrogens with zero attached hydrogens (tertiary/aromatic N) is 1. The van der Waals surface area contributed by atoms with Gasteiger partial charge in [-0.1, -0.05) is 13.0 Å². The molecule has 0 fully saturated rings. The predicted octanol–water partition coefficient (Wildman–Crippen LogP) is 3.51. The van der Waals surface area contributed by atoms with Gasteiger partial charge in [-0.2, -0.15) is 0 Å². The first kappa shape index (κ1) is 13.2. The van der Waals surface area contributed by atoms with Gasteiger partial charge in [-0.05, 0) is 42.8 Å². The fourth-order valence-corrected chi connectivity index (χ4v) is 2.63. The average Bonchev–Trinajstić information content (AvgIpc) is 2.90. The minimum atomic E-state index is -0.975. The number of thiophene rings is 1. The van der Waals surface area contributed by atoms with Gasteiger partial charge in [0.1, 0.15) is 11.4 Å². The van der Waals surface area contributed by atoms with Crippen LogP contribution in [-0.2, 0) is 12.0 Å². The number of halogens is 1. The van der Waals surface area contributed by atoms with Gasteiger partial charge in [0, 0.05) is 4.88 Å². The Kier molecular flexibility index (Phi) is 4.09. The number of aryl methyl sites for hydroxylation is 1. The van der Waals surface area contributed by atoms with Crippen molar-refractivity contribution in [2.24, 2.45) is 0 Å². The van der Waals surface area contributed by atoms with Crippen molar-refractivity contribution in [2.75, 3.05) is 0 Å². The van der Waals surface area contributed by atoms with E-state index in [-0.39, 0.29) is 5.82 Å². The van der Waals surface area contributed by atoms with E-state index in [4.69, 9.17) is 0 Å². The molecule has 0 bridgehead atoms. The van der Waals surface area contributed by atoms with Crippen molar-refractivity contribution in [1.82, 2.24) is 4.98 Å². The summed E-state index contributed by atoms with van der Waals surface area (Å²) in [5.74, 6) is -0.379. The molecular weight excluding hydrogens is 249 g/mol. The summed E-state index contributed by atoms with van der Waals surface area (Å²) in [7, 11) is 0. The normalized spacial score (nSPS) is 14.4. The first-order valence-corrected chi connectivity index (χ1v) is 6.89. The minimum absolute atomic E-state index is 0.379. The molecule has 0 radical (unpaired) electrons. The van der Waals surface area contributed by atoms with E-state index < -0.39 is 5.60 Å². The molecule has 0 aliphatic carbocycles. The summed E-state index contributed by atoms with van der Waals surface area (Å²) >= 11 is 1.68. The van der Waals surface area contributed by atoms with E-state index in [1.807, 2.05) is 18.4 Å². The lowest BCUT2D eigenvalue weighted by atomic mass is 9.90. The van der Waals surface area contributed by atoms with Gasteiger partial charge in [0.25, 0.3) is 0 Å². The van der Waals surface area contributed by atoms with Crippen molar-refractivity contribution in [3.63, 3.8) is 0 Å². The van der Waals surface area contributed by atoms with Gasteiger partial charge >= 0.3 is 0 Å². The Balaban J connectivity index is 2.12. The average molecular weight is 265 g/mol. The zero-order chi connectivity index (χ0) is 13.0. The molecule has 0 aromatic carbocycles. The fourth-order valence-electron chi connectivity index (χ4n) is 1.92. The third-order valence-electron chi connectivity index (χ3n) is 3.15. The van der Waals surface area contributed by atoms with Crippen LogP contribution in [0.25, 0.3) is 0 Å². The van der Waals surface area contributed by atoms with E-state index in [0.717, 1.165) is 12.6 Å². The summed E-state index contributed by atoms with van der Waals surface area (Å²) in [6, 6.07) is 6.96. The molecular formula is C14H16FNOS. The van der Waals surface area contributed by atoms with E-state index in [9.17, 15) is 9.50 Å². The SMILES string of the molecule is CCC(O)(CCc1cccs1)c1ccc(F)cn1. The van der Waals surface area contributed by atoms with Crippen LogP contribution in [0, 0.1) is 5.82 Å². The van der Waals surface area contributed by atoms with Gasteiger partial charge in [-0.15, -0.1) is 11.3 Å². The maximum Gasteiger partial charge on any atom is 0.141 e. The zero-order valence-electron chi connectivity index (χ0n) is 10.3. The summed E-state index contributed by atoms with van der Waals surface area (Å²) in [5.41, 5.74) is -0.430. The van der Waals surface area contributed by atoms with Crippen molar-refractivity contribution in [2.45, 2.75) is 31.8 Å². The zero-order valence-corrected chi connectivity index (χ0v) is 11.1. The van der Waals surface area contributed by atoms with Gasteiger partial charge in [-0.3, -0.25) is 4.98 Å². The van der Waals surface area contributed by atoms with Crippen LogP contribution in [0.5, 0.6) is 0 Å². The van der Waals surface area contributed by atoms with E-state index in [2.05, 4.69) is 11.1 Å². The van der Waals surface area contributed by atoms with Crippen LogP contribution in [-0.4, -0.2) is 10.1 Å². The second-order valence-electron chi connectivity index (χ2n) is 4.33. The van der Waals surface area contributed by atoms with Crippen LogP contribution in [0.4, 0.5) is 4.39 Å². The monoisotopic (exact) mass is 265 g/mol. The first-order chi connectivity index (χ1) is 8.64. The lowest BCUT2D eigenvalue weighted by Crippen LogP contribution is -2.26. The second-order valence-corrected chi connectivity index (χ2v) is 5.36. The van der Waals surface area contributed by atoms with E-state index in [1.165, 1.54) is 10.9 Å². The van der Waals surface area contributed by atoms with Gasteiger partial charge < -0.3 is 5.11 Å². The molecule has 0 aliphatic heterocycles. The highest BCUT2D eigenvalue weighted by molar-refractivity contribution is 7.09. The molecule has 0 saturated heterocycles. The van der Waals surface area contributed by atoms with E-state index in [0.29, 0.717) is 18.5 Å². The maximum absolute atomic E-state index is 12.8. The highest BCUT2D eigenvalue weighted by atomic mass is 32.1. The van der Waals surface area contributed by atoms with Crippen LogP contribution >= 0.6 is 11.3 Å². The molecule has 2 aromatic heterocycles. The lowest BCUT2D eigenvalue weighted by Gasteiger charge is -2.26. The molecule has 0 amide bonds. The Bertz CT molecular complexity index is 483. The molecule has 0 saturated carbocycles. The molecule has 0 spiro atoms. The minimum Gasteiger partial charge on any atom is -0.384 e. The quantitative estimate of drug-likeness (QED) is 0.897. The van der Waals surface area contributed by atoms with Crippen LogP contribution in [0.15, 0.2) is 35.8 Å². The number of aliphatic hydroxyl groups is 1. The molecule has 96 valence electrons.